The summed E-state index contributed by atoms with van der Waals surface area (Å²) in [7, 11) is 0. The standard InChI is InChI=1S/C45H26N4O2/c1-2-12-27(13-3-1)43-46-44(34-19-10-17-32-31-16-6-9-23-39(31)50-41(32)34)48-45(47-43)35-20-11-18-33-36-26-28(24-25-40(36)51-42(33)35)49-37-21-7-4-14-29(37)30-15-5-8-22-38(30)49/h1-26H/i1D,2D,3D,12D,13D. The van der Waals surface area contributed by atoms with Crippen molar-refractivity contribution in [3.05, 3.63) is 158 Å². The van der Waals surface area contributed by atoms with Gasteiger partial charge in [0.05, 0.1) is 29.0 Å². The van der Waals surface area contributed by atoms with E-state index in [9.17, 15) is 0 Å². The van der Waals surface area contributed by atoms with Crippen molar-refractivity contribution in [2.75, 3.05) is 0 Å². The first-order valence-corrected chi connectivity index (χ1v) is 16.5. The first-order valence-electron chi connectivity index (χ1n) is 19.0. The number of benzene rings is 7. The van der Waals surface area contributed by atoms with Crippen LogP contribution in [0.1, 0.15) is 6.85 Å². The average Bonchev–Trinajstić information content (AvgIpc) is 3.91. The van der Waals surface area contributed by atoms with Crippen molar-refractivity contribution in [2.24, 2.45) is 0 Å². The summed E-state index contributed by atoms with van der Waals surface area (Å²) in [5.41, 5.74) is 6.60. The van der Waals surface area contributed by atoms with E-state index < -0.39 is 30.2 Å². The van der Waals surface area contributed by atoms with Gasteiger partial charge in [0.25, 0.3) is 0 Å². The van der Waals surface area contributed by atoms with Gasteiger partial charge < -0.3 is 13.4 Å². The van der Waals surface area contributed by atoms with Crippen molar-refractivity contribution in [3.63, 3.8) is 0 Å². The molecule has 0 aliphatic rings. The Morgan fingerprint density at radius 2 is 0.980 bits per heavy atom. The van der Waals surface area contributed by atoms with Gasteiger partial charge in [-0.05, 0) is 48.5 Å². The van der Waals surface area contributed by atoms with Crippen LogP contribution < -0.4 is 0 Å². The maximum atomic E-state index is 8.80. The Kier molecular flexibility index (Phi) is 4.91. The molecule has 0 saturated carbocycles. The van der Waals surface area contributed by atoms with Gasteiger partial charge in [-0.25, -0.2) is 15.0 Å². The average molecular weight is 660 g/mol. The molecule has 0 spiro atoms. The first kappa shape index (κ1) is 23.3. The van der Waals surface area contributed by atoms with Crippen LogP contribution in [-0.4, -0.2) is 19.5 Å². The van der Waals surface area contributed by atoms with E-state index in [1.807, 2.05) is 78.9 Å². The van der Waals surface area contributed by atoms with Crippen molar-refractivity contribution in [3.8, 4) is 39.9 Å². The summed E-state index contributed by atoms with van der Waals surface area (Å²) < 4.78 is 57.8. The Morgan fingerprint density at radius 1 is 0.451 bits per heavy atom. The van der Waals surface area contributed by atoms with Gasteiger partial charge in [-0.2, -0.15) is 0 Å². The molecule has 0 N–H and O–H groups in total. The summed E-state index contributed by atoms with van der Waals surface area (Å²) in [6, 6.07) is 39.8. The minimum atomic E-state index is -0.502. The molecular weight excluding hydrogens is 629 g/mol. The van der Waals surface area contributed by atoms with Crippen LogP contribution >= 0.6 is 0 Å². The van der Waals surface area contributed by atoms with E-state index in [1.165, 1.54) is 10.8 Å². The van der Waals surface area contributed by atoms with Gasteiger partial charge in [-0.15, -0.1) is 0 Å². The second-order valence-corrected chi connectivity index (χ2v) is 12.4. The molecule has 7 aromatic carbocycles. The van der Waals surface area contributed by atoms with E-state index in [0.717, 1.165) is 38.3 Å². The van der Waals surface area contributed by atoms with Crippen LogP contribution in [0.4, 0.5) is 0 Å². The molecule has 0 aliphatic heterocycles. The lowest BCUT2D eigenvalue weighted by Crippen LogP contribution is -2.00. The lowest BCUT2D eigenvalue weighted by atomic mass is 10.1. The molecule has 11 aromatic rings. The van der Waals surface area contributed by atoms with Gasteiger partial charge in [0, 0.05) is 43.6 Å². The Bertz CT molecular complexity index is 3380. The third kappa shape index (κ3) is 4.20. The van der Waals surface area contributed by atoms with E-state index in [-0.39, 0.29) is 23.0 Å². The smallest absolute Gasteiger partial charge is 0.167 e. The number of para-hydroxylation sites is 5. The predicted octanol–water partition coefficient (Wildman–Crippen LogP) is 11.8. The Balaban J connectivity index is 1.16. The molecular formula is C45H26N4O2. The summed E-state index contributed by atoms with van der Waals surface area (Å²) in [5, 5.41) is 5.86. The van der Waals surface area contributed by atoms with Crippen molar-refractivity contribution in [2.45, 2.75) is 0 Å². The van der Waals surface area contributed by atoms with E-state index in [2.05, 4.69) is 53.1 Å². The Morgan fingerprint density at radius 3 is 1.65 bits per heavy atom. The molecule has 6 nitrogen and oxygen atoms in total. The van der Waals surface area contributed by atoms with Crippen molar-refractivity contribution in [1.29, 1.82) is 0 Å². The largest absolute Gasteiger partial charge is 0.455 e. The predicted molar refractivity (Wildman–Crippen MR) is 205 cm³/mol. The summed E-state index contributed by atoms with van der Waals surface area (Å²) in [4.78, 5) is 14.6. The van der Waals surface area contributed by atoms with Crippen LogP contribution in [-0.2, 0) is 0 Å². The van der Waals surface area contributed by atoms with E-state index in [0.29, 0.717) is 33.5 Å². The molecule has 0 radical (unpaired) electrons. The number of nitrogens with zero attached hydrogens (tertiary/aromatic N) is 4. The lowest BCUT2D eigenvalue weighted by Gasteiger charge is -2.09. The third-order valence-corrected chi connectivity index (χ3v) is 9.56. The number of rotatable bonds is 4. The minimum Gasteiger partial charge on any atom is -0.455 e. The van der Waals surface area contributed by atoms with Crippen LogP contribution in [0.2, 0.25) is 0 Å². The Hall–Kier alpha value is -7.05. The molecule has 4 aromatic heterocycles. The van der Waals surface area contributed by atoms with Crippen LogP contribution in [0.5, 0.6) is 0 Å². The highest BCUT2D eigenvalue weighted by Crippen LogP contribution is 2.40. The summed E-state index contributed by atoms with van der Waals surface area (Å²) in [6.07, 6.45) is 0. The van der Waals surface area contributed by atoms with E-state index >= 15 is 0 Å². The number of fused-ring (bicyclic) bond motifs is 9. The van der Waals surface area contributed by atoms with Crippen molar-refractivity contribution < 1.29 is 15.7 Å². The van der Waals surface area contributed by atoms with Gasteiger partial charge >= 0.3 is 0 Å². The maximum absolute atomic E-state index is 8.80. The van der Waals surface area contributed by atoms with Gasteiger partial charge in [0.15, 0.2) is 17.5 Å². The highest BCUT2D eigenvalue weighted by Gasteiger charge is 2.21. The van der Waals surface area contributed by atoms with Gasteiger partial charge in [-0.1, -0.05) is 109 Å². The second-order valence-electron chi connectivity index (χ2n) is 12.4. The van der Waals surface area contributed by atoms with Crippen LogP contribution in [0.3, 0.4) is 0 Å². The topological polar surface area (TPSA) is 69.9 Å². The summed E-state index contributed by atoms with van der Waals surface area (Å²) in [5.74, 6) is 0.345. The molecule has 0 bridgehead atoms. The second kappa shape index (κ2) is 10.7. The zero-order valence-corrected chi connectivity index (χ0v) is 26.7. The fraction of sp³-hybridized carbons (Fsp3) is 0. The summed E-state index contributed by atoms with van der Waals surface area (Å²) >= 11 is 0. The molecule has 238 valence electrons. The van der Waals surface area contributed by atoms with Gasteiger partial charge in [0.1, 0.15) is 22.3 Å². The van der Waals surface area contributed by atoms with Crippen molar-refractivity contribution in [1.82, 2.24) is 19.5 Å². The molecule has 0 aliphatic carbocycles. The Labute approximate surface area is 297 Å². The van der Waals surface area contributed by atoms with Crippen LogP contribution in [0.15, 0.2) is 166 Å². The zero-order valence-electron chi connectivity index (χ0n) is 31.7. The molecule has 6 heteroatoms. The fourth-order valence-corrected chi connectivity index (χ4v) is 7.32. The summed E-state index contributed by atoms with van der Waals surface area (Å²) in [6.45, 7) is 0. The number of hydrogen-bond acceptors (Lipinski definition) is 5. The number of aromatic nitrogens is 4. The quantitative estimate of drug-likeness (QED) is 0.188. The molecule has 0 amide bonds. The van der Waals surface area contributed by atoms with Crippen LogP contribution in [0.25, 0.3) is 106 Å². The highest BCUT2D eigenvalue weighted by molar-refractivity contribution is 6.12. The fourth-order valence-electron chi connectivity index (χ4n) is 7.32. The number of hydrogen-bond donors (Lipinski definition) is 0. The van der Waals surface area contributed by atoms with Gasteiger partial charge in [-0.3, -0.25) is 0 Å². The van der Waals surface area contributed by atoms with E-state index in [4.69, 9.17) is 30.6 Å². The van der Waals surface area contributed by atoms with E-state index in [1.54, 1.807) is 0 Å². The highest BCUT2D eigenvalue weighted by atomic mass is 16.3. The molecule has 0 unspecified atom stereocenters. The molecule has 0 saturated heterocycles. The van der Waals surface area contributed by atoms with Crippen molar-refractivity contribution >= 4 is 65.7 Å². The monoisotopic (exact) mass is 659 g/mol. The SMILES string of the molecule is [2H]c1c([2H])c([2H])c(-c2nc(-c3cccc4c3oc3ccccc34)nc(-c3cccc4c3oc3ccc(-n5c6ccccc6c6ccccc65)cc34)n2)c([2H])c1[2H]. The van der Waals surface area contributed by atoms with Gasteiger partial charge in [0.2, 0.25) is 0 Å². The maximum Gasteiger partial charge on any atom is 0.167 e. The molecule has 51 heavy (non-hydrogen) atoms. The normalized spacial score (nSPS) is 13.3. The minimum absolute atomic E-state index is 0.0723. The third-order valence-electron chi connectivity index (χ3n) is 9.56. The lowest BCUT2D eigenvalue weighted by molar-refractivity contribution is 0.669. The molecule has 0 fully saturated rings. The first-order chi connectivity index (χ1) is 27.4. The molecule has 4 heterocycles. The molecule has 0 atom stereocenters. The van der Waals surface area contributed by atoms with Crippen LogP contribution in [0, 0.1) is 0 Å². The molecule has 11 rings (SSSR count). The number of furan rings is 2. The zero-order chi connectivity index (χ0) is 37.8.